The molecule has 0 atom stereocenters. The van der Waals surface area contributed by atoms with Crippen LogP contribution >= 0.6 is 34.8 Å². The van der Waals surface area contributed by atoms with Gasteiger partial charge in [-0.05, 0) is 11.6 Å². The van der Waals surface area contributed by atoms with Crippen LogP contribution in [0.3, 0.4) is 0 Å². The molecule has 6 heteroatoms. The second-order valence-electron chi connectivity index (χ2n) is 3.58. The van der Waals surface area contributed by atoms with Gasteiger partial charge in [-0.25, -0.2) is 4.98 Å². The average Bonchev–Trinajstić information content (AvgIpc) is 2.69. The van der Waals surface area contributed by atoms with E-state index in [-0.39, 0.29) is 0 Å². The molecule has 17 heavy (non-hydrogen) atoms. The number of nitrogens with zero attached hydrogens (tertiary/aromatic N) is 2. The number of anilines is 1. The summed E-state index contributed by atoms with van der Waals surface area (Å²) in [5.41, 5.74) is 7.53. The van der Waals surface area contributed by atoms with E-state index in [0.717, 1.165) is 5.56 Å². The van der Waals surface area contributed by atoms with Crippen LogP contribution in [0, 0.1) is 0 Å². The molecule has 0 spiro atoms. The first-order valence-electron chi connectivity index (χ1n) is 4.90. The Morgan fingerprint density at radius 3 is 2.59 bits per heavy atom. The van der Waals surface area contributed by atoms with Crippen LogP contribution < -0.4 is 5.73 Å². The van der Waals surface area contributed by atoms with Crippen LogP contribution in [0.1, 0.15) is 11.4 Å². The van der Waals surface area contributed by atoms with Crippen LogP contribution in [0.4, 0.5) is 5.69 Å². The minimum absolute atomic E-state index is 0.380. The number of imidazole rings is 1. The minimum atomic E-state index is -1.53. The van der Waals surface area contributed by atoms with Crippen LogP contribution in [0.2, 0.25) is 0 Å². The first kappa shape index (κ1) is 12.6. The van der Waals surface area contributed by atoms with Gasteiger partial charge in [-0.1, -0.05) is 53.0 Å². The van der Waals surface area contributed by atoms with Crippen LogP contribution in [-0.2, 0) is 10.3 Å². The molecule has 0 unspecified atom stereocenters. The fourth-order valence-electron chi connectivity index (χ4n) is 1.55. The molecule has 3 nitrogen and oxygen atoms in total. The number of benzene rings is 1. The molecule has 0 fully saturated rings. The van der Waals surface area contributed by atoms with Crippen LogP contribution in [0.5, 0.6) is 0 Å². The van der Waals surface area contributed by atoms with Crippen molar-refractivity contribution >= 4 is 40.5 Å². The maximum absolute atomic E-state index is 5.86. The third-order valence-electron chi connectivity index (χ3n) is 2.36. The number of nitrogen functional groups attached to an aromatic ring is 1. The molecule has 1 aromatic heterocycles. The summed E-state index contributed by atoms with van der Waals surface area (Å²) in [7, 11) is 0. The Bertz CT molecular complexity index is 517. The van der Waals surface area contributed by atoms with Gasteiger partial charge in [0, 0.05) is 18.1 Å². The number of aromatic nitrogens is 2. The summed E-state index contributed by atoms with van der Waals surface area (Å²) in [5.74, 6) is 0.380. The number of hydrogen-bond acceptors (Lipinski definition) is 2. The highest BCUT2D eigenvalue weighted by atomic mass is 35.6. The first-order valence-corrected chi connectivity index (χ1v) is 6.03. The van der Waals surface area contributed by atoms with Crippen molar-refractivity contribution in [3.8, 4) is 0 Å². The minimum Gasteiger partial charge on any atom is -0.398 e. The summed E-state index contributed by atoms with van der Waals surface area (Å²) in [6.45, 7) is 0.524. The zero-order valence-electron chi connectivity index (χ0n) is 8.78. The number of hydrogen-bond donors (Lipinski definition) is 1. The Kier molecular flexibility index (Phi) is 3.52. The predicted molar refractivity (Wildman–Crippen MR) is 71.4 cm³/mol. The van der Waals surface area contributed by atoms with Gasteiger partial charge in [0.2, 0.25) is 3.79 Å². The Hall–Kier alpha value is -0.900. The van der Waals surface area contributed by atoms with Gasteiger partial charge in [-0.2, -0.15) is 0 Å². The molecule has 90 valence electrons. The normalized spacial score (nSPS) is 11.7. The lowest BCUT2D eigenvalue weighted by Crippen LogP contribution is -2.13. The molecule has 2 aromatic rings. The number of para-hydroxylation sites is 1. The van der Waals surface area contributed by atoms with Gasteiger partial charge in [-0.15, -0.1) is 0 Å². The third-order valence-corrected chi connectivity index (χ3v) is 2.87. The van der Waals surface area contributed by atoms with Crippen molar-refractivity contribution in [2.24, 2.45) is 0 Å². The van der Waals surface area contributed by atoms with E-state index in [9.17, 15) is 0 Å². The van der Waals surface area contributed by atoms with Crippen LogP contribution in [0.15, 0.2) is 36.7 Å². The molecule has 2 N–H and O–H groups in total. The lowest BCUT2D eigenvalue weighted by Gasteiger charge is -2.14. The Morgan fingerprint density at radius 2 is 1.94 bits per heavy atom. The summed E-state index contributed by atoms with van der Waals surface area (Å²) in [4.78, 5) is 4.04. The monoisotopic (exact) mass is 289 g/mol. The van der Waals surface area contributed by atoms with Crippen molar-refractivity contribution < 1.29 is 0 Å². The van der Waals surface area contributed by atoms with E-state index >= 15 is 0 Å². The second-order valence-corrected chi connectivity index (χ2v) is 5.86. The highest BCUT2D eigenvalue weighted by Crippen LogP contribution is 2.37. The topological polar surface area (TPSA) is 43.8 Å². The van der Waals surface area contributed by atoms with Gasteiger partial charge < -0.3 is 10.3 Å². The van der Waals surface area contributed by atoms with Gasteiger partial charge in [0.05, 0.1) is 6.54 Å². The maximum atomic E-state index is 5.86. The van der Waals surface area contributed by atoms with Gasteiger partial charge in [0.15, 0.2) is 5.82 Å². The second kappa shape index (κ2) is 4.77. The van der Waals surface area contributed by atoms with E-state index in [1.807, 2.05) is 24.3 Å². The molecule has 0 radical (unpaired) electrons. The van der Waals surface area contributed by atoms with E-state index in [1.165, 1.54) is 0 Å². The smallest absolute Gasteiger partial charge is 0.248 e. The molecule has 0 aliphatic carbocycles. The van der Waals surface area contributed by atoms with Gasteiger partial charge in [0.25, 0.3) is 0 Å². The molecule has 2 rings (SSSR count). The quantitative estimate of drug-likeness (QED) is 0.681. The average molecular weight is 291 g/mol. The highest BCUT2D eigenvalue weighted by molar-refractivity contribution is 6.66. The summed E-state index contributed by atoms with van der Waals surface area (Å²) < 4.78 is 0.228. The zero-order chi connectivity index (χ0) is 12.5. The molecule has 0 amide bonds. The van der Waals surface area contributed by atoms with E-state index in [2.05, 4.69) is 4.98 Å². The predicted octanol–water partition coefficient (Wildman–Crippen LogP) is 3.34. The number of halogens is 3. The fraction of sp³-hybridized carbons (Fsp3) is 0.182. The maximum Gasteiger partial charge on any atom is 0.248 e. The molecule has 0 saturated heterocycles. The van der Waals surface area contributed by atoms with E-state index in [4.69, 9.17) is 40.5 Å². The zero-order valence-corrected chi connectivity index (χ0v) is 11.0. The van der Waals surface area contributed by atoms with Crippen molar-refractivity contribution in [1.82, 2.24) is 9.55 Å². The molecule has 0 saturated carbocycles. The fourth-order valence-corrected chi connectivity index (χ4v) is 2.03. The molecular weight excluding hydrogens is 281 g/mol. The Balaban J connectivity index is 2.32. The van der Waals surface area contributed by atoms with E-state index < -0.39 is 3.79 Å². The van der Waals surface area contributed by atoms with E-state index in [0.29, 0.717) is 18.1 Å². The summed E-state index contributed by atoms with van der Waals surface area (Å²) in [5, 5.41) is 0. The largest absolute Gasteiger partial charge is 0.398 e. The highest BCUT2D eigenvalue weighted by Gasteiger charge is 2.28. The molecule has 0 aliphatic heterocycles. The molecule has 1 aromatic carbocycles. The Morgan fingerprint density at radius 1 is 1.24 bits per heavy atom. The number of alkyl halides is 3. The van der Waals surface area contributed by atoms with Crippen molar-refractivity contribution in [2.75, 3.05) is 5.73 Å². The molecule has 0 bridgehead atoms. The first-order chi connectivity index (χ1) is 7.98. The van der Waals surface area contributed by atoms with Gasteiger partial charge in [0.1, 0.15) is 0 Å². The summed E-state index contributed by atoms with van der Waals surface area (Å²) in [6.07, 6.45) is 3.35. The lowest BCUT2D eigenvalue weighted by molar-refractivity contribution is 0.739. The summed E-state index contributed by atoms with van der Waals surface area (Å²) in [6, 6.07) is 7.55. The third kappa shape index (κ3) is 2.86. The van der Waals surface area contributed by atoms with Crippen molar-refractivity contribution in [3.05, 3.63) is 48.0 Å². The van der Waals surface area contributed by atoms with E-state index in [1.54, 1.807) is 17.0 Å². The number of nitrogens with two attached hydrogens (primary N) is 1. The van der Waals surface area contributed by atoms with Crippen molar-refractivity contribution in [2.45, 2.75) is 10.3 Å². The lowest BCUT2D eigenvalue weighted by atomic mass is 10.2. The van der Waals surface area contributed by atoms with Crippen LogP contribution in [0.25, 0.3) is 0 Å². The Labute approximate surface area is 114 Å². The molecular formula is C11H10Cl3N3. The van der Waals surface area contributed by atoms with Crippen LogP contribution in [-0.4, -0.2) is 9.55 Å². The number of rotatable bonds is 2. The summed E-state index contributed by atoms with van der Waals surface area (Å²) >= 11 is 17.5. The van der Waals surface area contributed by atoms with Crippen molar-refractivity contribution in [1.29, 1.82) is 0 Å². The standard InChI is InChI=1S/C11H10Cl3N3/c12-11(13,14)10-16-5-6-17(10)7-8-3-1-2-4-9(8)15/h1-6H,7,15H2. The van der Waals surface area contributed by atoms with Gasteiger partial charge >= 0.3 is 0 Å². The molecule has 0 aliphatic rings. The van der Waals surface area contributed by atoms with Crippen molar-refractivity contribution in [3.63, 3.8) is 0 Å². The molecule has 1 heterocycles. The SMILES string of the molecule is Nc1ccccc1Cn1ccnc1C(Cl)(Cl)Cl. The van der Waals surface area contributed by atoms with Gasteiger partial charge in [-0.3, -0.25) is 0 Å².